The average molecular weight is 342 g/mol. The third-order valence-electron chi connectivity index (χ3n) is 3.87. The molecule has 25 heavy (non-hydrogen) atoms. The molecule has 5 nitrogen and oxygen atoms in total. The van der Waals surface area contributed by atoms with Gasteiger partial charge in [-0.2, -0.15) is 0 Å². The summed E-state index contributed by atoms with van der Waals surface area (Å²) in [6, 6.07) is 11.2. The molecule has 5 heteroatoms. The highest BCUT2D eigenvalue weighted by atomic mass is 16.5. The zero-order chi connectivity index (χ0) is 18.4. The second-order valence-electron chi connectivity index (χ2n) is 6.24. The van der Waals surface area contributed by atoms with Crippen molar-refractivity contribution < 1.29 is 14.3 Å². The molecule has 0 bridgehead atoms. The fraction of sp³-hybridized carbons (Fsp3) is 0.350. The van der Waals surface area contributed by atoms with Gasteiger partial charge in [-0.3, -0.25) is 0 Å². The SMILES string of the molecule is COc1ccc(C)cc1NC(=O)NC(C)COc1c(C)cccc1C. The van der Waals surface area contributed by atoms with Crippen molar-refractivity contribution in [1.29, 1.82) is 0 Å². The molecule has 0 aliphatic carbocycles. The lowest BCUT2D eigenvalue weighted by Crippen LogP contribution is -2.39. The molecule has 0 aliphatic rings. The molecule has 2 aromatic carbocycles. The number of benzene rings is 2. The largest absolute Gasteiger partial charge is 0.495 e. The smallest absolute Gasteiger partial charge is 0.319 e. The molecule has 1 unspecified atom stereocenters. The van der Waals surface area contributed by atoms with E-state index in [1.54, 1.807) is 7.11 Å². The van der Waals surface area contributed by atoms with Crippen molar-refractivity contribution in [2.75, 3.05) is 19.0 Å². The van der Waals surface area contributed by atoms with Crippen LogP contribution < -0.4 is 20.1 Å². The van der Waals surface area contributed by atoms with Crippen LogP contribution in [0.5, 0.6) is 11.5 Å². The van der Waals surface area contributed by atoms with Crippen molar-refractivity contribution in [2.45, 2.75) is 33.7 Å². The van der Waals surface area contributed by atoms with E-state index in [4.69, 9.17) is 9.47 Å². The van der Waals surface area contributed by atoms with Gasteiger partial charge in [-0.1, -0.05) is 24.3 Å². The maximum Gasteiger partial charge on any atom is 0.319 e. The number of carbonyl (C=O) groups excluding carboxylic acids is 1. The molecule has 0 spiro atoms. The number of hydrogen-bond acceptors (Lipinski definition) is 3. The molecule has 2 rings (SSSR count). The Kier molecular flexibility index (Phi) is 6.28. The van der Waals surface area contributed by atoms with Gasteiger partial charge < -0.3 is 20.1 Å². The lowest BCUT2D eigenvalue weighted by Gasteiger charge is -2.18. The first-order valence-corrected chi connectivity index (χ1v) is 8.32. The second-order valence-corrected chi connectivity index (χ2v) is 6.24. The number of aryl methyl sites for hydroxylation is 3. The summed E-state index contributed by atoms with van der Waals surface area (Å²) in [5.74, 6) is 1.50. The van der Waals surface area contributed by atoms with Crippen LogP contribution in [0.25, 0.3) is 0 Å². The highest BCUT2D eigenvalue weighted by Gasteiger charge is 2.12. The van der Waals surface area contributed by atoms with Gasteiger partial charge in [-0.25, -0.2) is 4.79 Å². The minimum absolute atomic E-state index is 0.144. The summed E-state index contributed by atoms with van der Waals surface area (Å²) >= 11 is 0. The van der Waals surface area contributed by atoms with Gasteiger partial charge in [0.1, 0.15) is 18.1 Å². The third-order valence-corrected chi connectivity index (χ3v) is 3.87. The van der Waals surface area contributed by atoms with Gasteiger partial charge >= 0.3 is 6.03 Å². The first kappa shape index (κ1) is 18.6. The summed E-state index contributed by atoms with van der Waals surface area (Å²) in [5, 5.41) is 5.70. The van der Waals surface area contributed by atoms with Gasteiger partial charge in [0.15, 0.2) is 0 Å². The topological polar surface area (TPSA) is 59.6 Å². The van der Waals surface area contributed by atoms with Gasteiger partial charge in [0.25, 0.3) is 0 Å². The molecule has 0 saturated carbocycles. The Hall–Kier alpha value is -2.69. The Labute approximate surface area is 149 Å². The molecule has 0 heterocycles. The molecule has 0 aliphatic heterocycles. The molecule has 1 atom stereocenters. The van der Waals surface area contributed by atoms with Crippen LogP contribution in [0.2, 0.25) is 0 Å². The van der Waals surface area contributed by atoms with E-state index in [9.17, 15) is 4.79 Å². The van der Waals surface area contributed by atoms with Gasteiger partial charge in [0.2, 0.25) is 0 Å². The summed E-state index contributed by atoms with van der Waals surface area (Å²) in [6.07, 6.45) is 0. The van der Waals surface area contributed by atoms with E-state index in [1.165, 1.54) is 0 Å². The normalized spacial score (nSPS) is 11.6. The van der Waals surface area contributed by atoms with Crippen LogP contribution in [0, 0.1) is 20.8 Å². The first-order valence-electron chi connectivity index (χ1n) is 8.32. The second kappa shape index (κ2) is 8.42. The highest BCUT2D eigenvalue weighted by molar-refractivity contribution is 5.91. The lowest BCUT2D eigenvalue weighted by atomic mass is 10.1. The number of anilines is 1. The summed E-state index contributed by atoms with van der Waals surface area (Å²) in [5.41, 5.74) is 3.85. The van der Waals surface area contributed by atoms with Crippen LogP contribution in [0.1, 0.15) is 23.6 Å². The van der Waals surface area contributed by atoms with E-state index < -0.39 is 0 Å². The molecule has 0 saturated heterocycles. The Morgan fingerprint density at radius 1 is 1.12 bits per heavy atom. The number of carbonyl (C=O) groups is 1. The average Bonchev–Trinajstić information content (AvgIpc) is 2.54. The summed E-state index contributed by atoms with van der Waals surface area (Å²) < 4.78 is 11.1. The van der Waals surface area contributed by atoms with Gasteiger partial charge in [0, 0.05) is 0 Å². The number of nitrogens with one attached hydrogen (secondary N) is 2. The highest BCUT2D eigenvalue weighted by Crippen LogP contribution is 2.25. The van der Waals surface area contributed by atoms with Crippen molar-refractivity contribution in [3.63, 3.8) is 0 Å². The predicted octanol–water partition coefficient (Wildman–Crippen LogP) is 4.21. The molecular weight excluding hydrogens is 316 g/mol. The van der Waals surface area contributed by atoms with Crippen molar-refractivity contribution in [3.05, 3.63) is 53.1 Å². The molecular formula is C20H26N2O3. The summed E-state index contributed by atoms with van der Waals surface area (Å²) in [7, 11) is 1.58. The standard InChI is InChI=1S/C20H26N2O3/c1-13-9-10-18(24-5)17(11-13)22-20(23)21-16(4)12-25-19-14(2)7-6-8-15(19)3/h6-11,16H,12H2,1-5H3,(H2,21,22,23). The molecule has 0 aromatic heterocycles. The number of amides is 2. The van der Waals surface area contributed by atoms with Crippen LogP contribution in [0.4, 0.5) is 10.5 Å². The molecule has 0 fully saturated rings. The number of ether oxygens (including phenoxy) is 2. The number of rotatable bonds is 6. The first-order chi connectivity index (χ1) is 11.9. The maximum atomic E-state index is 12.2. The molecule has 2 amide bonds. The van der Waals surface area contributed by atoms with Gasteiger partial charge in [0.05, 0.1) is 18.8 Å². The van der Waals surface area contributed by atoms with E-state index in [0.29, 0.717) is 18.0 Å². The summed E-state index contributed by atoms with van der Waals surface area (Å²) in [6.45, 7) is 8.28. The van der Waals surface area contributed by atoms with Crippen LogP contribution in [0.3, 0.4) is 0 Å². The Balaban J connectivity index is 1.91. The number of methoxy groups -OCH3 is 1. The maximum absolute atomic E-state index is 12.2. The molecule has 2 aromatic rings. The Bertz CT molecular complexity index is 723. The van der Waals surface area contributed by atoms with Crippen LogP contribution in [-0.4, -0.2) is 25.8 Å². The summed E-state index contributed by atoms with van der Waals surface area (Å²) in [4.78, 5) is 12.2. The van der Waals surface area contributed by atoms with Gasteiger partial charge in [-0.05, 0) is 56.5 Å². The fourth-order valence-corrected chi connectivity index (χ4v) is 2.58. The van der Waals surface area contributed by atoms with Crippen LogP contribution in [0.15, 0.2) is 36.4 Å². The van der Waals surface area contributed by atoms with Crippen molar-refractivity contribution >= 4 is 11.7 Å². The van der Waals surface area contributed by atoms with E-state index in [2.05, 4.69) is 10.6 Å². The van der Waals surface area contributed by atoms with Crippen molar-refractivity contribution in [1.82, 2.24) is 5.32 Å². The Morgan fingerprint density at radius 3 is 2.44 bits per heavy atom. The number of urea groups is 1. The third kappa shape index (κ3) is 5.14. The fourth-order valence-electron chi connectivity index (χ4n) is 2.58. The monoisotopic (exact) mass is 342 g/mol. The molecule has 0 radical (unpaired) electrons. The van der Waals surface area contributed by atoms with E-state index in [-0.39, 0.29) is 12.1 Å². The van der Waals surface area contributed by atoms with Crippen LogP contribution in [-0.2, 0) is 0 Å². The zero-order valence-corrected chi connectivity index (χ0v) is 15.5. The van der Waals surface area contributed by atoms with Crippen molar-refractivity contribution in [3.8, 4) is 11.5 Å². The van der Waals surface area contributed by atoms with Crippen molar-refractivity contribution in [2.24, 2.45) is 0 Å². The number of para-hydroxylation sites is 1. The minimum atomic E-state index is -0.290. The van der Waals surface area contributed by atoms with Gasteiger partial charge in [-0.15, -0.1) is 0 Å². The Morgan fingerprint density at radius 2 is 1.80 bits per heavy atom. The van der Waals surface area contributed by atoms with E-state index in [1.807, 2.05) is 64.1 Å². The predicted molar refractivity (Wildman–Crippen MR) is 101 cm³/mol. The number of hydrogen-bond donors (Lipinski definition) is 2. The minimum Gasteiger partial charge on any atom is -0.495 e. The molecule has 134 valence electrons. The van der Waals surface area contributed by atoms with Crippen LogP contribution >= 0.6 is 0 Å². The quantitative estimate of drug-likeness (QED) is 0.827. The zero-order valence-electron chi connectivity index (χ0n) is 15.5. The molecule has 2 N–H and O–H groups in total. The van der Waals surface area contributed by atoms with E-state index >= 15 is 0 Å². The van der Waals surface area contributed by atoms with E-state index in [0.717, 1.165) is 22.4 Å². The lowest BCUT2D eigenvalue weighted by molar-refractivity contribution is 0.236.